The number of methoxy groups -OCH3 is 1. The van der Waals surface area contributed by atoms with E-state index in [1.54, 1.807) is 24.3 Å². The summed E-state index contributed by atoms with van der Waals surface area (Å²) in [5.74, 6) is 0.992. The Morgan fingerprint density at radius 2 is 2.04 bits per heavy atom. The molecule has 2 aromatic rings. The average molecular weight is 361 g/mol. The molecule has 0 aliphatic heterocycles. The average Bonchev–Trinajstić information content (AvgIpc) is 3.09. The largest absolute Gasteiger partial charge is 0.490 e. The maximum absolute atomic E-state index is 11.4. The van der Waals surface area contributed by atoms with Crippen molar-refractivity contribution in [3.8, 4) is 11.5 Å². The molecule has 26 heavy (non-hydrogen) atoms. The van der Waals surface area contributed by atoms with Crippen LogP contribution in [0.15, 0.2) is 39.9 Å². The smallest absolute Gasteiger partial charge is 0.373 e. The minimum atomic E-state index is -0.754. The third-order valence-corrected chi connectivity index (χ3v) is 3.07. The van der Waals surface area contributed by atoms with E-state index in [2.05, 4.69) is 15.3 Å². The van der Waals surface area contributed by atoms with Crippen molar-refractivity contribution in [1.29, 1.82) is 0 Å². The van der Waals surface area contributed by atoms with Gasteiger partial charge in [-0.2, -0.15) is 5.10 Å². The zero-order valence-corrected chi connectivity index (χ0v) is 14.4. The highest BCUT2D eigenvalue weighted by Crippen LogP contribution is 2.29. The third-order valence-electron chi connectivity index (χ3n) is 3.07. The number of hydrogen-bond acceptors (Lipinski definition) is 7. The van der Waals surface area contributed by atoms with E-state index in [9.17, 15) is 9.59 Å². The van der Waals surface area contributed by atoms with Crippen molar-refractivity contribution in [2.45, 2.75) is 13.5 Å². The predicted octanol–water partition coefficient (Wildman–Crippen LogP) is 2.05. The number of nitrogens with zero attached hydrogens (tertiary/aromatic N) is 1. The van der Waals surface area contributed by atoms with Gasteiger partial charge < -0.3 is 24.4 Å². The number of nitrogens with two attached hydrogens (primary N) is 1. The zero-order valence-electron chi connectivity index (χ0n) is 14.4. The second-order valence-corrected chi connectivity index (χ2v) is 4.92. The molecule has 3 N–H and O–H groups in total. The number of amides is 2. The van der Waals surface area contributed by atoms with Crippen LogP contribution in [0, 0.1) is 0 Å². The Labute approximate surface area is 149 Å². The number of rotatable bonds is 8. The fraction of sp³-hybridized carbons (Fsp3) is 0.235. The highest BCUT2D eigenvalue weighted by atomic mass is 16.5. The lowest BCUT2D eigenvalue weighted by Gasteiger charge is -2.11. The van der Waals surface area contributed by atoms with Gasteiger partial charge >= 0.3 is 12.0 Å². The van der Waals surface area contributed by atoms with Crippen LogP contribution in [0.3, 0.4) is 0 Å². The molecular weight excluding hydrogens is 342 g/mol. The van der Waals surface area contributed by atoms with E-state index in [1.807, 2.05) is 6.92 Å². The van der Waals surface area contributed by atoms with Crippen LogP contribution >= 0.6 is 0 Å². The van der Waals surface area contributed by atoms with Crippen LogP contribution in [-0.4, -0.2) is 31.9 Å². The molecule has 0 fully saturated rings. The molecule has 0 atom stereocenters. The Morgan fingerprint density at radius 3 is 2.73 bits per heavy atom. The van der Waals surface area contributed by atoms with E-state index in [0.717, 1.165) is 0 Å². The van der Waals surface area contributed by atoms with Crippen LogP contribution in [0.1, 0.15) is 28.8 Å². The number of furan rings is 1. The fourth-order valence-electron chi connectivity index (χ4n) is 1.98. The first-order valence-electron chi connectivity index (χ1n) is 7.68. The second-order valence-electron chi connectivity index (χ2n) is 4.92. The van der Waals surface area contributed by atoms with Gasteiger partial charge in [0.25, 0.3) is 0 Å². The number of primary amides is 1. The van der Waals surface area contributed by atoms with E-state index in [0.29, 0.717) is 29.4 Å². The molecule has 0 aliphatic carbocycles. The Hall–Kier alpha value is -3.49. The number of esters is 1. The van der Waals surface area contributed by atoms with Gasteiger partial charge in [-0.05, 0) is 42.8 Å². The van der Waals surface area contributed by atoms with Crippen molar-refractivity contribution in [3.05, 3.63) is 47.4 Å². The number of hydrazone groups is 1. The second kappa shape index (κ2) is 9.11. The molecule has 0 unspecified atom stereocenters. The number of carbonyl (C=O) groups is 2. The summed E-state index contributed by atoms with van der Waals surface area (Å²) < 4.78 is 21.2. The number of urea groups is 1. The van der Waals surface area contributed by atoms with Crippen LogP contribution in [0.2, 0.25) is 0 Å². The molecule has 1 aromatic carbocycles. The summed E-state index contributed by atoms with van der Waals surface area (Å²) >= 11 is 0. The Bertz CT molecular complexity index is 800. The first kappa shape index (κ1) is 18.8. The van der Waals surface area contributed by atoms with E-state index in [4.69, 9.17) is 19.6 Å². The molecule has 0 saturated carbocycles. The van der Waals surface area contributed by atoms with Crippen LogP contribution in [0.5, 0.6) is 11.5 Å². The summed E-state index contributed by atoms with van der Waals surface area (Å²) in [6, 6.07) is 7.51. The van der Waals surface area contributed by atoms with Gasteiger partial charge in [0.2, 0.25) is 5.76 Å². The summed E-state index contributed by atoms with van der Waals surface area (Å²) in [6.07, 6.45) is 1.42. The van der Waals surface area contributed by atoms with Gasteiger partial charge in [0.1, 0.15) is 12.4 Å². The lowest BCUT2D eigenvalue weighted by atomic mass is 10.2. The monoisotopic (exact) mass is 361 g/mol. The van der Waals surface area contributed by atoms with Gasteiger partial charge in [-0.25, -0.2) is 15.0 Å². The van der Waals surface area contributed by atoms with Crippen molar-refractivity contribution in [2.75, 3.05) is 13.7 Å². The van der Waals surface area contributed by atoms with Gasteiger partial charge in [-0.3, -0.25) is 0 Å². The van der Waals surface area contributed by atoms with Crippen LogP contribution in [0.25, 0.3) is 0 Å². The quantitative estimate of drug-likeness (QED) is 0.421. The highest BCUT2D eigenvalue weighted by Gasteiger charge is 2.12. The van der Waals surface area contributed by atoms with Gasteiger partial charge in [0.15, 0.2) is 11.5 Å². The van der Waals surface area contributed by atoms with E-state index in [1.165, 1.54) is 19.4 Å². The van der Waals surface area contributed by atoms with E-state index >= 15 is 0 Å². The summed E-state index contributed by atoms with van der Waals surface area (Å²) in [5.41, 5.74) is 7.73. The highest BCUT2D eigenvalue weighted by molar-refractivity contribution is 5.86. The minimum Gasteiger partial charge on any atom is -0.490 e. The Balaban J connectivity index is 2.07. The Kier molecular flexibility index (Phi) is 6.60. The van der Waals surface area contributed by atoms with Crippen LogP contribution in [-0.2, 0) is 11.3 Å². The molecule has 0 saturated heterocycles. The summed E-state index contributed by atoms with van der Waals surface area (Å²) in [7, 11) is 1.28. The van der Waals surface area contributed by atoms with Crippen molar-refractivity contribution >= 4 is 18.2 Å². The standard InChI is InChI=1S/C17H19N3O6/c1-3-24-15-8-11(9-19-20-17(18)22)4-6-13(15)25-10-12-5-7-14(26-12)16(21)23-2/h4-9H,3,10H2,1-2H3,(H3,18,20,22). The summed E-state index contributed by atoms with van der Waals surface area (Å²) in [6.45, 7) is 2.38. The Morgan fingerprint density at radius 1 is 1.23 bits per heavy atom. The molecule has 1 heterocycles. The minimum absolute atomic E-state index is 0.102. The molecule has 0 aliphatic rings. The molecule has 0 bridgehead atoms. The van der Waals surface area contributed by atoms with E-state index in [-0.39, 0.29) is 12.4 Å². The lowest BCUT2D eigenvalue weighted by Crippen LogP contribution is -2.24. The topological polar surface area (TPSA) is 125 Å². The molecular formula is C17H19N3O6. The molecule has 9 heteroatoms. The predicted molar refractivity (Wildman–Crippen MR) is 92.3 cm³/mol. The molecule has 0 radical (unpaired) electrons. The van der Waals surface area contributed by atoms with Crippen molar-refractivity contribution < 1.29 is 28.2 Å². The zero-order chi connectivity index (χ0) is 18.9. The van der Waals surface area contributed by atoms with Crippen molar-refractivity contribution in [3.63, 3.8) is 0 Å². The van der Waals surface area contributed by atoms with Gasteiger partial charge in [-0.1, -0.05) is 0 Å². The maximum Gasteiger partial charge on any atom is 0.373 e. The van der Waals surface area contributed by atoms with Gasteiger partial charge in [0.05, 0.1) is 19.9 Å². The molecule has 2 rings (SSSR count). The van der Waals surface area contributed by atoms with Crippen molar-refractivity contribution in [2.24, 2.45) is 10.8 Å². The molecule has 138 valence electrons. The van der Waals surface area contributed by atoms with Crippen molar-refractivity contribution in [1.82, 2.24) is 5.43 Å². The SMILES string of the molecule is CCOc1cc(C=NNC(N)=O)ccc1OCc1ccc(C(=O)OC)o1. The van der Waals surface area contributed by atoms with E-state index < -0.39 is 12.0 Å². The first-order valence-corrected chi connectivity index (χ1v) is 7.68. The molecule has 0 spiro atoms. The fourth-order valence-corrected chi connectivity index (χ4v) is 1.98. The van der Waals surface area contributed by atoms with Crippen LogP contribution < -0.4 is 20.6 Å². The number of ether oxygens (including phenoxy) is 3. The van der Waals surface area contributed by atoms with Crippen LogP contribution in [0.4, 0.5) is 4.79 Å². The number of carbonyl (C=O) groups excluding carboxylic acids is 2. The normalized spacial score (nSPS) is 10.5. The number of nitrogens with one attached hydrogen (secondary N) is 1. The lowest BCUT2D eigenvalue weighted by molar-refractivity contribution is 0.0561. The molecule has 9 nitrogen and oxygen atoms in total. The third kappa shape index (κ3) is 5.26. The van der Waals surface area contributed by atoms with Gasteiger partial charge in [-0.15, -0.1) is 0 Å². The summed E-state index contributed by atoms with van der Waals surface area (Å²) in [4.78, 5) is 22.0. The summed E-state index contributed by atoms with van der Waals surface area (Å²) in [5, 5.41) is 3.69. The first-order chi connectivity index (χ1) is 12.5. The maximum atomic E-state index is 11.4. The molecule has 1 aromatic heterocycles. The van der Waals surface area contributed by atoms with Gasteiger partial charge in [0, 0.05) is 0 Å². The number of hydrogen-bond donors (Lipinski definition) is 2. The molecule has 2 amide bonds. The number of benzene rings is 1.